The van der Waals surface area contributed by atoms with Gasteiger partial charge in [-0.3, -0.25) is 0 Å². The molecule has 120 valence electrons. The van der Waals surface area contributed by atoms with Crippen LogP contribution in [0.1, 0.15) is 19.8 Å². The highest BCUT2D eigenvalue weighted by molar-refractivity contribution is 8.00. The molecule has 7 heteroatoms. The smallest absolute Gasteiger partial charge is 0.212 e. The van der Waals surface area contributed by atoms with Gasteiger partial charge < -0.3 is 10.8 Å². The van der Waals surface area contributed by atoms with E-state index in [1.54, 1.807) is 12.1 Å². The Morgan fingerprint density at radius 3 is 2.62 bits per heavy atom. The molecule has 0 saturated heterocycles. The average Bonchev–Trinajstić information content (AvgIpc) is 2.45. The number of nitrogens with one attached hydrogen (secondary N) is 1. The maximum Gasteiger partial charge on any atom is 0.212 e. The van der Waals surface area contributed by atoms with Crippen LogP contribution in [0.2, 0.25) is 0 Å². The molecule has 5 nitrogen and oxygen atoms in total. The van der Waals surface area contributed by atoms with Gasteiger partial charge in [0.2, 0.25) is 10.0 Å². The fourth-order valence-electron chi connectivity index (χ4n) is 1.67. The maximum atomic E-state index is 11.8. The van der Waals surface area contributed by atoms with E-state index in [1.807, 2.05) is 19.1 Å². The lowest BCUT2D eigenvalue weighted by Gasteiger charge is -2.09. The molecule has 0 aliphatic carbocycles. The Bertz CT molecular complexity index is 503. The number of sulfonamides is 1. The van der Waals surface area contributed by atoms with Gasteiger partial charge in [0.05, 0.1) is 5.75 Å². The molecule has 0 aliphatic heterocycles. The van der Waals surface area contributed by atoms with Crippen molar-refractivity contribution in [2.75, 3.05) is 30.4 Å². The van der Waals surface area contributed by atoms with Gasteiger partial charge >= 0.3 is 0 Å². The third-order valence-electron chi connectivity index (χ3n) is 3.01. The zero-order valence-corrected chi connectivity index (χ0v) is 13.9. The molecule has 0 amide bonds. The SMILES string of the molecule is CC(CO)CCCNS(=O)(=O)CCSc1ccc(N)cc1. The first-order valence-corrected chi connectivity index (χ1v) is 9.63. The van der Waals surface area contributed by atoms with Crippen LogP contribution in [0, 0.1) is 5.92 Å². The van der Waals surface area contributed by atoms with Crippen LogP contribution in [-0.2, 0) is 10.0 Å². The summed E-state index contributed by atoms with van der Waals surface area (Å²) in [6, 6.07) is 7.38. The van der Waals surface area contributed by atoms with E-state index in [0.717, 1.165) is 17.7 Å². The topological polar surface area (TPSA) is 92.4 Å². The van der Waals surface area contributed by atoms with Crippen LogP contribution in [0.5, 0.6) is 0 Å². The third-order valence-corrected chi connectivity index (χ3v) is 5.67. The summed E-state index contributed by atoms with van der Waals surface area (Å²) in [4.78, 5) is 1.01. The lowest BCUT2D eigenvalue weighted by atomic mass is 10.1. The van der Waals surface area contributed by atoms with Gasteiger partial charge in [-0.15, -0.1) is 11.8 Å². The number of nitrogen functional groups attached to an aromatic ring is 1. The lowest BCUT2D eigenvalue weighted by Crippen LogP contribution is -2.28. The molecular formula is C14H24N2O3S2. The van der Waals surface area contributed by atoms with E-state index in [0.29, 0.717) is 18.0 Å². The molecule has 1 unspecified atom stereocenters. The van der Waals surface area contributed by atoms with Gasteiger partial charge in [-0.25, -0.2) is 13.1 Å². The predicted octanol–water partition coefficient (Wildman–Crippen LogP) is 1.69. The van der Waals surface area contributed by atoms with Crippen molar-refractivity contribution in [1.29, 1.82) is 0 Å². The highest BCUT2D eigenvalue weighted by Crippen LogP contribution is 2.19. The molecule has 1 atom stereocenters. The summed E-state index contributed by atoms with van der Waals surface area (Å²) in [5, 5.41) is 8.89. The summed E-state index contributed by atoms with van der Waals surface area (Å²) < 4.78 is 26.2. The molecule has 0 spiro atoms. The number of aliphatic hydroxyl groups excluding tert-OH is 1. The Kier molecular flexibility index (Phi) is 8.10. The van der Waals surface area contributed by atoms with E-state index in [9.17, 15) is 8.42 Å². The van der Waals surface area contributed by atoms with Crippen molar-refractivity contribution >= 4 is 27.5 Å². The first kappa shape index (κ1) is 18.3. The Hall–Kier alpha value is -0.760. The highest BCUT2D eigenvalue weighted by Gasteiger charge is 2.10. The number of aliphatic hydroxyl groups is 1. The fraction of sp³-hybridized carbons (Fsp3) is 0.571. The molecule has 0 saturated carbocycles. The molecule has 21 heavy (non-hydrogen) atoms. The summed E-state index contributed by atoms with van der Waals surface area (Å²) >= 11 is 1.50. The Morgan fingerprint density at radius 2 is 2.00 bits per heavy atom. The monoisotopic (exact) mass is 332 g/mol. The van der Waals surface area contributed by atoms with Crippen molar-refractivity contribution in [2.45, 2.75) is 24.7 Å². The fourth-order valence-corrected chi connectivity index (χ4v) is 4.05. The van der Waals surface area contributed by atoms with E-state index in [1.165, 1.54) is 11.8 Å². The van der Waals surface area contributed by atoms with Gasteiger partial charge in [0.25, 0.3) is 0 Å². The molecule has 1 aromatic carbocycles. The number of thioether (sulfide) groups is 1. The van der Waals surface area contributed by atoms with Crippen LogP contribution >= 0.6 is 11.8 Å². The van der Waals surface area contributed by atoms with Gasteiger partial charge in [0.15, 0.2) is 0 Å². The second kappa shape index (κ2) is 9.30. The molecule has 0 radical (unpaired) electrons. The van der Waals surface area contributed by atoms with E-state index in [-0.39, 0.29) is 18.3 Å². The number of benzene rings is 1. The molecule has 1 rings (SSSR count). The summed E-state index contributed by atoms with van der Waals surface area (Å²) in [5.41, 5.74) is 6.29. The van der Waals surface area contributed by atoms with Gasteiger partial charge in [0, 0.05) is 29.5 Å². The zero-order chi connectivity index (χ0) is 15.7. The van der Waals surface area contributed by atoms with Crippen LogP contribution in [-0.4, -0.2) is 38.2 Å². The van der Waals surface area contributed by atoms with E-state index in [4.69, 9.17) is 10.8 Å². The first-order chi connectivity index (χ1) is 9.93. The van der Waals surface area contributed by atoms with Crippen molar-refractivity contribution < 1.29 is 13.5 Å². The van der Waals surface area contributed by atoms with Gasteiger partial charge in [-0.2, -0.15) is 0 Å². The quantitative estimate of drug-likeness (QED) is 0.344. The standard InChI is InChI=1S/C14H24N2O3S2/c1-12(11-17)3-2-8-16-21(18,19)10-9-20-14-6-4-13(15)5-7-14/h4-7,12,16-17H,2-3,8-11,15H2,1H3. The van der Waals surface area contributed by atoms with Crippen molar-refractivity contribution in [3.05, 3.63) is 24.3 Å². The molecule has 0 heterocycles. The average molecular weight is 332 g/mol. The van der Waals surface area contributed by atoms with Gasteiger partial charge in [0.1, 0.15) is 0 Å². The number of rotatable bonds is 10. The zero-order valence-electron chi connectivity index (χ0n) is 12.3. The number of nitrogens with two attached hydrogens (primary N) is 1. The largest absolute Gasteiger partial charge is 0.399 e. The van der Waals surface area contributed by atoms with Crippen molar-refractivity contribution in [2.24, 2.45) is 5.92 Å². The van der Waals surface area contributed by atoms with Crippen molar-refractivity contribution in [3.8, 4) is 0 Å². The molecule has 0 fully saturated rings. The minimum absolute atomic E-state index is 0.0948. The van der Waals surface area contributed by atoms with Crippen LogP contribution in [0.4, 0.5) is 5.69 Å². The van der Waals surface area contributed by atoms with E-state index < -0.39 is 10.0 Å². The van der Waals surface area contributed by atoms with E-state index >= 15 is 0 Å². The second-order valence-corrected chi connectivity index (χ2v) is 8.16. The molecular weight excluding hydrogens is 308 g/mol. The maximum absolute atomic E-state index is 11.8. The van der Waals surface area contributed by atoms with Gasteiger partial charge in [-0.1, -0.05) is 6.92 Å². The Labute approximate surface area is 131 Å². The predicted molar refractivity (Wildman–Crippen MR) is 88.9 cm³/mol. The Balaban J connectivity index is 2.22. The highest BCUT2D eigenvalue weighted by atomic mass is 32.2. The first-order valence-electron chi connectivity index (χ1n) is 6.99. The second-order valence-electron chi connectivity index (χ2n) is 5.06. The van der Waals surface area contributed by atoms with Crippen molar-refractivity contribution in [3.63, 3.8) is 0 Å². The minimum Gasteiger partial charge on any atom is -0.399 e. The molecule has 0 bridgehead atoms. The summed E-state index contributed by atoms with van der Waals surface area (Å²) in [7, 11) is -3.22. The van der Waals surface area contributed by atoms with Crippen LogP contribution in [0.15, 0.2) is 29.2 Å². The molecule has 0 aromatic heterocycles. The number of anilines is 1. The summed E-state index contributed by atoms with van der Waals surface area (Å²) in [6.45, 7) is 2.52. The normalized spacial score (nSPS) is 13.2. The molecule has 1 aromatic rings. The summed E-state index contributed by atoms with van der Waals surface area (Å²) in [6.07, 6.45) is 1.56. The summed E-state index contributed by atoms with van der Waals surface area (Å²) in [5.74, 6) is 0.819. The number of hydrogen-bond donors (Lipinski definition) is 3. The Morgan fingerprint density at radius 1 is 1.33 bits per heavy atom. The third kappa shape index (κ3) is 8.31. The molecule has 0 aliphatic rings. The minimum atomic E-state index is -3.22. The van der Waals surface area contributed by atoms with Gasteiger partial charge in [-0.05, 0) is 43.0 Å². The van der Waals surface area contributed by atoms with Crippen molar-refractivity contribution in [1.82, 2.24) is 4.72 Å². The number of hydrogen-bond acceptors (Lipinski definition) is 5. The van der Waals surface area contributed by atoms with Crippen LogP contribution in [0.3, 0.4) is 0 Å². The van der Waals surface area contributed by atoms with Crippen LogP contribution < -0.4 is 10.5 Å². The lowest BCUT2D eigenvalue weighted by molar-refractivity contribution is 0.228. The molecule has 4 N–H and O–H groups in total. The van der Waals surface area contributed by atoms with Crippen LogP contribution in [0.25, 0.3) is 0 Å². The van der Waals surface area contributed by atoms with E-state index in [2.05, 4.69) is 4.72 Å².